The summed E-state index contributed by atoms with van der Waals surface area (Å²) in [6.45, 7) is 4.35. The molecule has 0 aliphatic rings. The number of nitrogens with zero attached hydrogens (tertiary/aromatic N) is 2. The van der Waals surface area contributed by atoms with Crippen LogP contribution in [0.2, 0.25) is 0 Å². The van der Waals surface area contributed by atoms with E-state index in [4.69, 9.17) is 16.3 Å². The molecule has 2 rings (SSSR count). The molecule has 0 bridgehead atoms. The van der Waals surface area contributed by atoms with Crippen LogP contribution in [0.4, 0.5) is 4.39 Å². The Labute approximate surface area is 143 Å². The number of alkyl halides is 1. The van der Waals surface area contributed by atoms with Gasteiger partial charge in [0.1, 0.15) is 11.6 Å². The Morgan fingerprint density at radius 3 is 2.90 bits per heavy atom. The highest BCUT2D eigenvalue weighted by atomic mass is 127. The molecule has 1 aromatic heterocycles. The van der Waals surface area contributed by atoms with Crippen LogP contribution in [-0.4, -0.2) is 28.6 Å². The molecule has 0 amide bonds. The average molecular weight is 425 g/mol. The maximum atomic E-state index is 13.8. The molecule has 0 spiro atoms. The number of imidazole rings is 1. The van der Waals surface area contributed by atoms with Gasteiger partial charge in [0.15, 0.2) is 0 Å². The lowest BCUT2D eigenvalue weighted by molar-refractivity contribution is 0.129. The van der Waals surface area contributed by atoms with Crippen LogP contribution in [-0.2, 0) is 17.7 Å². The summed E-state index contributed by atoms with van der Waals surface area (Å²) in [5.41, 5.74) is 1.67. The van der Waals surface area contributed by atoms with Gasteiger partial charge in [-0.15, -0.1) is 11.6 Å². The fourth-order valence-electron chi connectivity index (χ4n) is 2.27. The van der Waals surface area contributed by atoms with Crippen molar-refractivity contribution in [1.82, 2.24) is 9.55 Å². The van der Waals surface area contributed by atoms with Crippen molar-refractivity contribution in [3.05, 3.63) is 27.3 Å². The van der Waals surface area contributed by atoms with Gasteiger partial charge in [0.25, 0.3) is 0 Å². The zero-order valence-electron chi connectivity index (χ0n) is 12.0. The molecule has 0 unspecified atom stereocenters. The maximum absolute atomic E-state index is 13.8. The second-order valence-electron chi connectivity index (χ2n) is 4.84. The molecule has 1 aromatic carbocycles. The van der Waals surface area contributed by atoms with E-state index in [0.29, 0.717) is 22.5 Å². The molecule has 1 heterocycles. The zero-order chi connectivity index (χ0) is 15.2. The standard InChI is InChI=1S/C15H19ClFIN2O/c1-2-7-21-8-3-6-20-14-9-11(17)12(18)10-13(14)19-15(20)4-5-16/h9-10H,2-8H2,1H3. The van der Waals surface area contributed by atoms with Crippen molar-refractivity contribution in [3.8, 4) is 0 Å². The molecule has 0 aliphatic carbocycles. The molecule has 6 heteroatoms. The van der Waals surface area contributed by atoms with Crippen LogP contribution in [0.1, 0.15) is 25.6 Å². The molecule has 0 aliphatic heterocycles. The van der Waals surface area contributed by atoms with Gasteiger partial charge in [-0.25, -0.2) is 9.37 Å². The van der Waals surface area contributed by atoms with Crippen molar-refractivity contribution in [2.75, 3.05) is 19.1 Å². The number of rotatable bonds is 8. The molecule has 0 atom stereocenters. The first-order valence-electron chi connectivity index (χ1n) is 7.15. The van der Waals surface area contributed by atoms with E-state index in [1.54, 1.807) is 12.1 Å². The number of aromatic nitrogens is 2. The summed E-state index contributed by atoms with van der Waals surface area (Å²) in [6, 6.07) is 3.35. The van der Waals surface area contributed by atoms with Crippen molar-refractivity contribution in [2.45, 2.75) is 32.7 Å². The minimum Gasteiger partial charge on any atom is -0.381 e. The molecule has 0 radical (unpaired) electrons. The third kappa shape index (κ3) is 4.29. The number of benzene rings is 1. The van der Waals surface area contributed by atoms with Gasteiger partial charge in [-0.3, -0.25) is 0 Å². The lowest BCUT2D eigenvalue weighted by Gasteiger charge is -2.09. The first-order valence-corrected chi connectivity index (χ1v) is 8.76. The molecule has 0 saturated heterocycles. The van der Waals surface area contributed by atoms with E-state index in [0.717, 1.165) is 42.9 Å². The summed E-state index contributed by atoms with van der Waals surface area (Å²) in [4.78, 5) is 4.59. The van der Waals surface area contributed by atoms with E-state index in [2.05, 4.69) is 16.5 Å². The number of fused-ring (bicyclic) bond motifs is 1. The molecular formula is C15H19ClFIN2O. The molecule has 116 valence electrons. The van der Waals surface area contributed by atoms with Crippen molar-refractivity contribution in [3.63, 3.8) is 0 Å². The Kier molecular flexibility index (Phi) is 6.70. The van der Waals surface area contributed by atoms with Gasteiger partial charge in [0.05, 0.1) is 14.6 Å². The summed E-state index contributed by atoms with van der Waals surface area (Å²) >= 11 is 7.84. The van der Waals surface area contributed by atoms with Crippen molar-refractivity contribution in [1.29, 1.82) is 0 Å². The summed E-state index contributed by atoms with van der Waals surface area (Å²) in [5.74, 6) is 1.22. The van der Waals surface area contributed by atoms with Gasteiger partial charge >= 0.3 is 0 Å². The van der Waals surface area contributed by atoms with Gasteiger partial charge in [-0.05, 0) is 41.5 Å². The highest BCUT2D eigenvalue weighted by Crippen LogP contribution is 2.22. The smallest absolute Gasteiger partial charge is 0.138 e. The van der Waals surface area contributed by atoms with Crippen molar-refractivity contribution >= 4 is 45.2 Å². The minimum atomic E-state index is -0.205. The van der Waals surface area contributed by atoms with E-state index < -0.39 is 0 Å². The molecule has 0 saturated carbocycles. The summed E-state index contributed by atoms with van der Waals surface area (Å²) in [5, 5.41) is 0. The molecule has 0 fully saturated rings. The SMILES string of the molecule is CCCOCCCn1c(CCCl)nc2cc(I)c(F)cc21. The quantitative estimate of drug-likeness (QED) is 0.357. The lowest BCUT2D eigenvalue weighted by Crippen LogP contribution is -2.08. The van der Waals surface area contributed by atoms with Gasteiger partial charge in [-0.1, -0.05) is 6.92 Å². The Morgan fingerprint density at radius 1 is 1.38 bits per heavy atom. The Balaban J connectivity index is 2.21. The highest BCUT2D eigenvalue weighted by Gasteiger charge is 2.13. The van der Waals surface area contributed by atoms with Gasteiger partial charge in [0, 0.05) is 38.1 Å². The van der Waals surface area contributed by atoms with Crippen LogP contribution >= 0.6 is 34.2 Å². The predicted octanol–water partition coefficient (Wildman–Crippen LogP) is 4.38. The largest absolute Gasteiger partial charge is 0.381 e. The Hall–Kier alpha value is -0.400. The van der Waals surface area contributed by atoms with Gasteiger partial charge < -0.3 is 9.30 Å². The second kappa shape index (κ2) is 8.29. The highest BCUT2D eigenvalue weighted by molar-refractivity contribution is 14.1. The predicted molar refractivity (Wildman–Crippen MR) is 92.6 cm³/mol. The maximum Gasteiger partial charge on any atom is 0.138 e. The van der Waals surface area contributed by atoms with E-state index in [9.17, 15) is 4.39 Å². The number of ether oxygens (including phenoxy) is 1. The zero-order valence-corrected chi connectivity index (χ0v) is 15.0. The first kappa shape index (κ1) is 17.0. The Bertz CT molecular complexity index is 603. The minimum absolute atomic E-state index is 0.205. The number of halogens is 3. The summed E-state index contributed by atoms with van der Waals surface area (Å²) in [7, 11) is 0. The van der Waals surface area contributed by atoms with E-state index in [1.165, 1.54) is 0 Å². The fourth-order valence-corrected chi connectivity index (χ4v) is 2.89. The molecule has 0 N–H and O–H groups in total. The summed E-state index contributed by atoms with van der Waals surface area (Å²) < 4.78 is 22.0. The monoisotopic (exact) mass is 424 g/mol. The van der Waals surface area contributed by atoms with Gasteiger partial charge in [-0.2, -0.15) is 0 Å². The summed E-state index contributed by atoms with van der Waals surface area (Å²) in [6.07, 6.45) is 2.59. The topological polar surface area (TPSA) is 27.1 Å². The van der Waals surface area contributed by atoms with Crippen LogP contribution < -0.4 is 0 Å². The van der Waals surface area contributed by atoms with Crippen LogP contribution in [0.5, 0.6) is 0 Å². The van der Waals surface area contributed by atoms with Crippen molar-refractivity contribution in [2.24, 2.45) is 0 Å². The molecule has 21 heavy (non-hydrogen) atoms. The number of hydrogen-bond acceptors (Lipinski definition) is 2. The van der Waals surface area contributed by atoms with Gasteiger partial charge in [0.2, 0.25) is 0 Å². The van der Waals surface area contributed by atoms with Crippen LogP contribution in [0.15, 0.2) is 12.1 Å². The average Bonchev–Trinajstić information content (AvgIpc) is 2.77. The van der Waals surface area contributed by atoms with Crippen LogP contribution in [0.3, 0.4) is 0 Å². The molecular weight excluding hydrogens is 406 g/mol. The normalized spacial score (nSPS) is 11.4. The molecule has 3 nitrogen and oxygen atoms in total. The lowest BCUT2D eigenvalue weighted by atomic mass is 10.3. The van der Waals surface area contributed by atoms with Crippen LogP contribution in [0, 0.1) is 9.39 Å². The van der Waals surface area contributed by atoms with E-state index in [1.807, 2.05) is 22.6 Å². The number of hydrogen-bond donors (Lipinski definition) is 0. The third-order valence-electron chi connectivity index (χ3n) is 3.21. The van der Waals surface area contributed by atoms with E-state index in [-0.39, 0.29) is 5.82 Å². The second-order valence-corrected chi connectivity index (χ2v) is 6.38. The van der Waals surface area contributed by atoms with Crippen LogP contribution in [0.25, 0.3) is 11.0 Å². The first-order chi connectivity index (χ1) is 10.2. The number of aryl methyl sites for hydroxylation is 2. The van der Waals surface area contributed by atoms with Crippen molar-refractivity contribution < 1.29 is 9.13 Å². The Morgan fingerprint density at radius 2 is 2.19 bits per heavy atom. The molecule has 2 aromatic rings. The fraction of sp³-hybridized carbons (Fsp3) is 0.533. The van der Waals surface area contributed by atoms with E-state index >= 15 is 0 Å². The third-order valence-corrected chi connectivity index (χ3v) is 4.22.